The van der Waals surface area contributed by atoms with Crippen LogP contribution < -0.4 is 22.3 Å². The van der Waals surface area contributed by atoms with Gasteiger partial charge in [-0.15, -0.1) is 0 Å². The molecule has 8 heteroatoms. The SMILES string of the molecule is NNc1ccncc1C(=O)NCCOCC(N)=O. The highest BCUT2D eigenvalue weighted by atomic mass is 16.5. The Morgan fingerprint density at radius 1 is 1.44 bits per heavy atom. The van der Waals surface area contributed by atoms with Gasteiger partial charge in [0.15, 0.2) is 0 Å². The number of nitrogen functional groups attached to an aromatic ring is 1. The quantitative estimate of drug-likeness (QED) is 0.268. The fraction of sp³-hybridized carbons (Fsp3) is 0.300. The average Bonchev–Trinajstić information content (AvgIpc) is 2.37. The van der Waals surface area contributed by atoms with Gasteiger partial charge in [-0.3, -0.25) is 20.4 Å². The molecule has 0 atom stereocenters. The Hall–Kier alpha value is -2.19. The van der Waals surface area contributed by atoms with E-state index in [1.165, 1.54) is 12.4 Å². The van der Waals surface area contributed by atoms with Crippen LogP contribution >= 0.6 is 0 Å². The first-order valence-corrected chi connectivity index (χ1v) is 5.20. The summed E-state index contributed by atoms with van der Waals surface area (Å²) in [5.41, 5.74) is 8.08. The molecule has 6 N–H and O–H groups in total. The lowest BCUT2D eigenvalue weighted by Gasteiger charge is -2.08. The number of primary amides is 1. The molecule has 1 aromatic rings. The van der Waals surface area contributed by atoms with E-state index in [0.717, 1.165) is 0 Å². The molecule has 0 aromatic carbocycles. The fourth-order valence-electron chi connectivity index (χ4n) is 1.21. The minimum Gasteiger partial charge on any atom is -0.370 e. The maximum Gasteiger partial charge on any atom is 0.255 e. The van der Waals surface area contributed by atoms with Gasteiger partial charge in [-0.1, -0.05) is 0 Å². The van der Waals surface area contributed by atoms with Crippen LogP contribution in [-0.4, -0.2) is 36.6 Å². The number of hydrogen-bond donors (Lipinski definition) is 4. The summed E-state index contributed by atoms with van der Waals surface area (Å²) in [6.07, 6.45) is 2.91. The molecule has 98 valence electrons. The molecule has 8 nitrogen and oxygen atoms in total. The van der Waals surface area contributed by atoms with Crippen LogP contribution in [0.4, 0.5) is 5.69 Å². The highest BCUT2D eigenvalue weighted by molar-refractivity contribution is 5.99. The minimum atomic E-state index is -0.553. The summed E-state index contributed by atoms with van der Waals surface area (Å²) in [6.45, 7) is 0.281. The summed E-state index contributed by atoms with van der Waals surface area (Å²) >= 11 is 0. The molecule has 0 aliphatic heterocycles. The molecule has 0 aliphatic rings. The number of carbonyl (C=O) groups is 2. The van der Waals surface area contributed by atoms with Gasteiger partial charge in [0.25, 0.3) is 5.91 Å². The van der Waals surface area contributed by atoms with Crippen molar-refractivity contribution in [2.75, 3.05) is 25.2 Å². The van der Waals surface area contributed by atoms with Crippen molar-refractivity contribution in [3.8, 4) is 0 Å². The molecule has 0 saturated carbocycles. The first-order chi connectivity index (χ1) is 8.65. The van der Waals surface area contributed by atoms with Crippen LogP contribution in [0.3, 0.4) is 0 Å². The van der Waals surface area contributed by atoms with Gasteiger partial charge in [0.05, 0.1) is 17.9 Å². The third kappa shape index (κ3) is 4.36. The number of anilines is 1. The van der Waals surface area contributed by atoms with Crippen LogP contribution in [0.2, 0.25) is 0 Å². The summed E-state index contributed by atoms with van der Waals surface area (Å²) in [4.78, 5) is 25.9. The normalized spacial score (nSPS) is 9.83. The van der Waals surface area contributed by atoms with Gasteiger partial charge < -0.3 is 21.2 Å². The van der Waals surface area contributed by atoms with Crippen molar-refractivity contribution < 1.29 is 14.3 Å². The molecule has 0 fully saturated rings. The molecule has 0 aliphatic carbocycles. The highest BCUT2D eigenvalue weighted by Gasteiger charge is 2.09. The molecule has 0 radical (unpaired) electrons. The van der Waals surface area contributed by atoms with Gasteiger partial charge in [-0.25, -0.2) is 0 Å². The molecule has 2 amide bonds. The fourth-order valence-corrected chi connectivity index (χ4v) is 1.21. The van der Waals surface area contributed by atoms with Gasteiger partial charge >= 0.3 is 0 Å². The van der Waals surface area contributed by atoms with Crippen molar-refractivity contribution in [3.05, 3.63) is 24.0 Å². The van der Waals surface area contributed by atoms with E-state index in [2.05, 4.69) is 15.7 Å². The monoisotopic (exact) mass is 253 g/mol. The third-order valence-corrected chi connectivity index (χ3v) is 2.00. The number of hydrogen-bond acceptors (Lipinski definition) is 6. The molecule has 1 aromatic heterocycles. The van der Waals surface area contributed by atoms with Crippen molar-refractivity contribution in [2.45, 2.75) is 0 Å². The molecule has 1 heterocycles. The Kier molecular flexibility index (Phi) is 5.55. The first kappa shape index (κ1) is 13.9. The van der Waals surface area contributed by atoms with Gasteiger partial charge in [-0.05, 0) is 6.07 Å². The van der Waals surface area contributed by atoms with E-state index < -0.39 is 5.91 Å². The molecule has 0 saturated heterocycles. The van der Waals surface area contributed by atoms with Crippen LogP contribution in [0.25, 0.3) is 0 Å². The summed E-state index contributed by atoms with van der Waals surface area (Å²) < 4.78 is 4.89. The second-order valence-electron chi connectivity index (χ2n) is 3.34. The van der Waals surface area contributed by atoms with Gasteiger partial charge in [-0.2, -0.15) is 0 Å². The number of ether oxygens (including phenoxy) is 1. The van der Waals surface area contributed by atoms with Crippen LogP contribution in [-0.2, 0) is 9.53 Å². The van der Waals surface area contributed by atoms with E-state index in [1.54, 1.807) is 6.07 Å². The van der Waals surface area contributed by atoms with Crippen LogP contribution in [0.15, 0.2) is 18.5 Å². The molecular formula is C10H15N5O3. The number of nitrogens with one attached hydrogen (secondary N) is 2. The van der Waals surface area contributed by atoms with Gasteiger partial charge in [0, 0.05) is 18.9 Å². The minimum absolute atomic E-state index is 0.168. The number of nitrogens with zero attached hydrogens (tertiary/aromatic N) is 1. The smallest absolute Gasteiger partial charge is 0.255 e. The lowest BCUT2D eigenvalue weighted by Crippen LogP contribution is -2.29. The zero-order chi connectivity index (χ0) is 13.4. The Morgan fingerprint density at radius 2 is 2.22 bits per heavy atom. The zero-order valence-corrected chi connectivity index (χ0v) is 9.68. The molecule has 0 spiro atoms. The molecule has 0 unspecified atom stereocenters. The number of nitrogens with two attached hydrogens (primary N) is 2. The topological polar surface area (TPSA) is 132 Å². The standard InChI is InChI=1S/C10H15N5O3/c11-9(16)6-18-4-3-14-10(17)7-5-13-2-1-8(7)15-12/h1-2,5H,3-4,6,12H2,(H2,11,16)(H,13,15)(H,14,17). The largest absolute Gasteiger partial charge is 0.370 e. The number of carbonyl (C=O) groups excluding carboxylic acids is 2. The van der Waals surface area contributed by atoms with E-state index in [-0.39, 0.29) is 25.7 Å². The lowest BCUT2D eigenvalue weighted by atomic mass is 10.2. The van der Waals surface area contributed by atoms with Gasteiger partial charge in [0.2, 0.25) is 5.91 Å². The van der Waals surface area contributed by atoms with Crippen molar-refractivity contribution in [1.82, 2.24) is 10.3 Å². The highest BCUT2D eigenvalue weighted by Crippen LogP contribution is 2.10. The number of rotatable bonds is 7. The third-order valence-electron chi connectivity index (χ3n) is 2.00. The van der Waals surface area contributed by atoms with Crippen LogP contribution in [0, 0.1) is 0 Å². The van der Waals surface area contributed by atoms with E-state index in [0.29, 0.717) is 11.3 Å². The van der Waals surface area contributed by atoms with E-state index >= 15 is 0 Å². The van der Waals surface area contributed by atoms with Crippen molar-refractivity contribution in [3.63, 3.8) is 0 Å². The number of pyridine rings is 1. The summed E-state index contributed by atoms with van der Waals surface area (Å²) in [6, 6.07) is 1.58. The Balaban J connectivity index is 2.38. The van der Waals surface area contributed by atoms with Crippen molar-refractivity contribution in [2.24, 2.45) is 11.6 Å². The molecular weight excluding hydrogens is 238 g/mol. The van der Waals surface area contributed by atoms with E-state index in [1.807, 2.05) is 0 Å². The number of hydrazine groups is 1. The van der Waals surface area contributed by atoms with E-state index in [4.69, 9.17) is 16.3 Å². The Bertz CT molecular complexity index is 424. The van der Waals surface area contributed by atoms with Crippen molar-refractivity contribution >= 4 is 17.5 Å². The molecule has 18 heavy (non-hydrogen) atoms. The second kappa shape index (κ2) is 7.20. The van der Waals surface area contributed by atoms with Crippen LogP contribution in [0.1, 0.15) is 10.4 Å². The average molecular weight is 253 g/mol. The summed E-state index contributed by atoms with van der Waals surface area (Å²) in [7, 11) is 0. The zero-order valence-electron chi connectivity index (χ0n) is 9.68. The van der Waals surface area contributed by atoms with Crippen LogP contribution in [0.5, 0.6) is 0 Å². The van der Waals surface area contributed by atoms with Gasteiger partial charge in [0.1, 0.15) is 6.61 Å². The predicted molar refractivity (Wildman–Crippen MR) is 64.4 cm³/mol. The lowest BCUT2D eigenvalue weighted by molar-refractivity contribution is -0.122. The maximum absolute atomic E-state index is 11.7. The summed E-state index contributed by atoms with van der Waals surface area (Å²) in [5.74, 6) is 4.38. The number of aromatic nitrogens is 1. The maximum atomic E-state index is 11.7. The number of amides is 2. The van der Waals surface area contributed by atoms with E-state index in [9.17, 15) is 9.59 Å². The Morgan fingerprint density at radius 3 is 2.89 bits per heavy atom. The second-order valence-corrected chi connectivity index (χ2v) is 3.34. The summed E-state index contributed by atoms with van der Waals surface area (Å²) in [5, 5.41) is 2.60. The molecule has 1 rings (SSSR count). The van der Waals surface area contributed by atoms with Crippen molar-refractivity contribution in [1.29, 1.82) is 0 Å². The molecule has 0 bridgehead atoms. The Labute approximate surface area is 104 Å². The first-order valence-electron chi connectivity index (χ1n) is 5.20. The predicted octanol–water partition coefficient (Wildman–Crippen LogP) is -1.40.